The first kappa shape index (κ1) is 17.2. The molecule has 0 spiro atoms. The first-order valence-corrected chi connectivity index (χ1v) is 8.82. The summed E-state index contributed by atoms with van der Waals surface area (Å²) in [6.07, 6.45) is 1.81. The highest BCUT2D eigenvalue weighted by atomic mass is 16.2. The molecule has 0 bridgehead atoms. The van der Waals surface area contributed by atoms with E-state index < -0.39 is 11.2 Å². The quantitative estimate of drug-likeness (QED) is 0.689. The molecule has 27 heavy (non-hydrogen) atoms. The number of hydrogen-bond acceptors (Lipinski definition) is 4. The van der Waals surface area contributed by atoms with Crippen LogP contribution < -0.4 is 11.2 Å². The molecular weight excluding hydrogens is 344 g/mol. The van der Waals surface area contributed by atoms with Crippen molar-refractivity contribution in [3.63, 3.8) is 0 Å². The number of fused-ring (bicyclic) bond motifs is 2. The molecule has 7 heteroatoms. The van der Waals surface area contributed by atoms with Crippen molar-refractivity contribution in [3.8, 4) is 0 Å². The zero-order chi connectivity index (χ0) is 19.3. The molecule has 0 radical (unpaired) electrons. The third kappa shape index (κ3) is 2.58. The molecule has 0 fully saturated rings. The number of rotatable bonds is 2. The topological polar surface area (TPSA) is 77.2 Å². The van der Waals surface area contributed by atoms with E-state index in [1.165, 1.54) is 17.2 Å². The van der Waals surface area contributed by atoms with Gasteiger partial charge in [0, 0.05) is 21.1 Å². The third-order valence-corrected chi connectivity index (χ3v) is 5.41. The van der Waals surface area contributed by atoms with Gasteiger partial charge >= 0.3 is 5.69 Å². The van der Waals surface area contributed by atoms with E-state index in [1.807, 2.05) is 12.1 Å². The molecule has 1 amide bonds. The van der Waals surface area contributed by atoms with E-state index in [-0.39, 0.29) is 23.3 Å². The lowest BCUT2D eigenvalue weighted by Crippen LogP contribution is -2.37. The van der Waals surface area contributed by atoms with Gasteiger partial charge in [0.1, 0.15) is 11.3 Å². The van der Waals surface area contributed by atoms with Gasteiger partial charge in [0.25, 0.3) is 11.5 Å². The van der Waals surface area contributed by atoms with Gasteiger partial charge in [-0.3, -0.25) is 18.7 Å². The molecule has 1 aliphatic carbocycles. The highest BCUT2D eigenvalue weighted by molar-refractivity contribution is 5.94. The van der Waals surface area contributed by atoms with Gasteiger partial charge in [-0.1, -0.05) is 24.3 Å². The molecular formula is C20H20N4O3. The van der Waals surface area contributed by atoms with Gasteiger partial charge < -0.3 is 4.90 Å². The summed E-state index contributed by atoms with van der Waals surface area (Å²) in [6, 6.07) is 11.2. The molecule has 1 unspecified atom stereocenters. The lowest BCUT2D eigenvalue weighted by atomic mass is 10.1. The van der Waals surface area contributed by atoms with Crippen LogP contribution in [0.2, 0.25) is 0 Å². The predicted molar refractivity (Wildman–Crippen MR) is 102 cm³/mol. The molecule has 0 aliphatic heterocycles. The molecule has 2 aromatic heterocycles. The van der Waals surface area contributed by atoms with Gasteiger partial charge in [0.15, 0.2) is 0 Å². The van der Waals surface area contributed by atoms with Gasteiger partial charge in [0.05, 0.1) is 11.4 Å². The fourth-order valence-electron chi connectivity index (χ4n) is 3.83. The molecule has 138 valence electrons. The lowest BCUT2D eigenvalue weighted by Gasteiger charge is -2.25. The molecule has 1 aromatic carbocycles. The Balaban J connectivity index is 1.76. The predicted octanol–water partition coefficient (Wildman–Crippen LogP) is 1.39. The van der Waals surface area contributed by atoms with Gasteiger partial charge in [-0.2, -0.15) is 0 Å². The number of aryl methyl sites for hydroxylation is 2. The summed E-state index contributed by atoms with van der Waals surface area (Å²) in [5, 5.41) is 0.310. The largest absolute Gasteiger partial charge is 0.333 e. The molecule has 7 nitrogen and oxygen atoms in total. The maximum atomic E-state index is 13.0. The van der Waals surface area contributed by atoms with Crippen LogP contribution in [0, 0.1) is 0 Å². The molecule has 1 aliphatic rings. The van der Waals surface area contributed by atoms with E-state index in [4.69, 9.17) is 0 Å². The highest BCUT2D eigenvalue weighted by Gasteiger charge is 2.29. The minimum absolute atomic E-state index is 0.00124. The van der Waals surface area contributed by atoms with Crippen molar-refractivity contribution in [1.29, 1.82) is 0 Å². The molecule has 2 heterocycles. The van der Waals surface area contributed by atoms with Crippen molar-refractivity contribution < 1.29 is 4.79 Å². The van der Waals surface area contributed by atoms with E-state index in [1.54, 1.807) is 31.1 Å². The second-order valence-corrected chi connectivity index (χ2v) is 6.94. The smallest absolute Gasteiger partial charge is 0.332 e. The summed E-state index contributed by atoms with van der Waals surface area (Å²) >= 11 is 0. The van der Waals surface area contributed by atoms with E-state index in [0.29, 0.717) is 5.39 Å². The maximum absolute atomic E-state index is 13.0. The van der Waals surface area contributed by atoms with Gasteiger partial charge in [0.2, 0.25) is 0 Å². The minimum atomic E-state index is -0.470. The number of amides is 1. The molecule has 0 saturated heterocycles. The molecule has 4 rings (SSSR count). The fourth-order valence-corrected chi connectivity index (χ4v) is 3.83. The number of benzene rings is 1. The van der Waals surface area contributed by atoms with Crippen LogP contribution in [-0.4, -0.2) is 32.0 Å². The molecule has 1 atom stereocenters. The number of carbonyl (C=O) groups excluding carboxylic acids is 1. The van der Waals surface area contributed by atoms with Crippen LogP contribution >= 0.6 is 0 Å². The van der Waals surface area contributed by atoms with Crippen molar-refractivity contribution in [2.24, 2.45) is 14.1 Å². The summed E-state index contributed by atoms with van der Waals surface area (Å²) in [6.45, 7) is 0. The Bertz CT molecular complexity index is 1190. The first-order valence-electron chi connectivity index (χ1n) is 8.82. The van der Waals surface area contributed by atoms with Crippen LogP contribution in [0.3, 0.4) is 0 Å². The second-order valence-electron chi connectivity index (χ2n) is 6.94. The van der Waals surface area contributed by atoms with Crippen molar-refractivity contribution in [3.05, 3.63) is 74.1 Å². The monoisotopic (exact) mass is 364 g/mol. The Morgan fingerprint density at radius 1 is 1.11 bits per heavy atom. The number of hydrogen-bond donors (Lipinski definition) is 0. The van der Waals surface area contributed by atoms with Crippen molar-refractivity contribution >= 4 is 16.9 Å². The average molecular weight is 364 g/mol. The zero-order valence-electron chi connectivity index (χ0n) is 15.5. The maximum Gasteiger partial charge on any atom is 0.332 e. The summed E-state index contributed by atoms with van der Waals surface area (Å²) < 4.78 is 2.32. The van der Waals surface area contributed by atoms with Crippen LogP contribution in [0.25, 0.3) is 11.0 Å². The average Bonchev–Trinajstić information content (AvgIpc) is 3.13. The van der Waals surface area contributed by atoms with E-state index >= 15 is 0 Å². The summed E-state index contributed by atoms with van der Waals surface area (Å²) in [5.74, 6) is -0.230. The van der Waals surface area contributed by atoms with Gasteiger partial charge in [-0.05, 0) is 36.1 Å². The van der Waals surface area contributed by atoms with Crippen LogP contribution in [-0.2, 0) is 20.5 Å². The number of pyridine rings is 1. The second kappa shape index (κ2) is 6.19. The van der Waals surface area contributed by atoms with Crippen LogP contribution in [0.15, 0.2) is 46.0 Å². The minimum Gasteiger partial charge on any atom is -0.333 e. The van der Waals surface area contributed by atoms with Gasteiger partial charge in [-0.15, -0.1) is 0 Å². The first-order chi connectivity index (χ1) is 12.9. The van der Waals surface area contributed by atoms with Gasteiger partial charge in [-0.25, -0.2) is 9.78 Å². The fraction of sp³-hybridized carbons (Fsp3) is 0.300. The van der Waals surface area contributed by atoms with Crippen LogP contribution in [0.1, 0.15) is 34.1 Å². The molecule has 0 N–H and O–H groups in total. The Kier molecular flexibility index (Phi) is 3.95. The summed E-state index contributed by atoms with van der Waals surface area (Å²) in [4.78, 5) is 43.5. The SMILES string of the molecule is CN(C(=O)c1ccc2c(=O)n(C)c(=O)n(C)c2n1)C1CCc2ccccc21. The Hall–Kier alpha value is -3.22. The summed E-state index contributed by atoms with van der Waals surface area (Å²) in [7, 11) is 4.74. The van der Waals surface area contributed by atoms with Crippen molar-refractivity contribution in [2.75, 3.05) is 7.05 Å². The lowest BCUT2D eigenvalue weighted by molar-refractivity contribution is 0.0725. The van der Waals surface area contributed by atoms with Crippen LogP contribution in [0.5, 0.6) is 0 Å². The Morgan fingerprint density at radius 3 is 2.63 bits per heavy atom. The highest BCUT2D eigenvalue weighted by Crippen LogP contribution is 2.35. The van der Waals surface area contributed by atoms with Crippen molar-refractivity contribution in [2.45, 2.75) is 18.9 Å². The standard InChI is InChI=1S/C20H20N4O3/c1-22(16-11-8-12-6-4-5-7-13(12)16)19(26)15-10-9-14-17(21-15)23(2)20(27)24(3)18(14)25/h4-7,9-10,16H,8,11H2,1-3H3. The van der Waals surface area contributed by atoms with E-state index in [9.17, 15) is 14.4 Å². The summed E-state index contributed by atoms with van der Waals surface area (Å²) in [5.41, 5.74) is 1.97. The van der Waals surface area contributed by atoms with Crippen LogP contribution in [0.4, 0.5) is 0 Å². The van der Waals surface area contributed by atoms with Crippen molar-refractivity contribution in [1.82, 2.24) is 19.0 Å². The van der Waals surface area contributed by atoms with E-state index in [2.05, 4.69) is 17.1 Å². The molecule has 3 aromatic rings. The zero-order valence-corrected chi connectivity index (χ0v) is 15.5. The Labute approximate surface area is 155 Å². The number of aromatic nitrogens is 3. The Morgan fingerprint density at radius 2 is 1.85 bits per heavy atom. The third-order valence-electron chi connectivity index (χ3n) is 5.41. The number of carbonyl (C=O) groups is 1. The molecule has 0 saturated carbocycles. The van der Waals surface area contributed by atoms with E-state index in [0.717, 1.165) is 23.0 Å². The number of nitrogens with zero attached hydrogens (tertiary/aromatic N) is 4. The normalized spacial score (nSPS) is 15.7.